The van der Waals surface area contributed by atoms with Crippen LogP contribution >= 0.6 is 24.0 Å². The van der Waals surface area contributed by atoms with Gasteiger partial charge < -0.3 is 20.1 Å². The van der Waals surface area contributed by atoms with E-state index in [0.717, 1.165) is 38.5 Å². The lowest BCUT2D eigenvalue weighted by molar-refractivity contribution is 0.0243. The molecule has 1 aliphatic rings. The summed E-state index contributed by atoms with van der Waals surface area (Å²) in [5.41, 5.74) is 2.33. The Bertz CT molecular complexity index is 502. The molecule has 0 spiro atoms. The Morgan fingerprint density at radius 1 is 1.30 bits per heavy atom. The van der Waals surface area contributed by atoms with E-state index in [1.807, 2.05) is 12.1 Å². The Kier molecular flexibility index (Phi) is 8.86. The van der Waals surface area contributed by atoms with Gasteiger partial charge in [0.15, 0.2) is 5.96 Å². The number of nitrogens with one attached hydrogen (secondary N) is 2. The van der Waals surface area contributed by atoms with Gasteiger partial charge in [0, 0.05) is 33.9 Å². The minimum atomic E-state index is -0.0778. The van der Waals surface area contributed by atoms with Crippen LogP contribution in [0.1, 0.15) is 30.9 Å². The van der Waals surface area contributed by atoms with Crippen LogP contribution in [0.4, 0.5) is 0 Å². The van der Waals surface area contributed by atoms with Crippen LogP contribution in [0.2, 0.25) is 0 Å². The third kappa shape index (κ3) is 6.27. The van der Waals surface area contributed by atoms with Gasteiger partial charge in [0.2, 0.25) is 0 Å². The zero-order valence-corrected chi connectivity index (χ0v) is 16.6. The van der Waals surface area contributed by atoms with Crippen molar-refractivity contribution in [3.05, 3.63) is 35.4 Å². The molecule has 1 aliphatic heterocycles. The molecule has 5 nitrogen and oxygen atoms in total. The van der Waals surface area contributed by atoms with Crippen molar-refractivity contribution in [2.75, 3.05) is 27.3 Å². The fraction of sp³-hybridized carbons (Fsp3) is 0.588. The van der Waals surface area contributed by atoms with E-state index in [9.17, 15) is 0 Å². The van der Waals surface area contributed by atoms with E-state index in [2.05, 4.69) is 34.7 Å². The Balaban J connectivity index is 0.00000264. The van der Waals surface area contributed by atoms with Gasteiger partial charge in [-0.3, -0.25) is 4.99 Å². The van der Waals surface area contributed by atoms with E-state index < -0.39 is 0 Å². The summed E-state index contributed by atoms with van der Waals surface area (Å²) < 4.78 is 11.0. The molecular formula is C17H28IN3O2. The van der Waals surface area contributed by atoms with Crippen molar-refractivity contribution in [2.45, 2.75) is 38.5 Å². The SMILES string of the molecule is CN=C(NCc1ccccc1COC)NCC1(C)CCCO1.I. The van der Waals surface area contributed by atoms with E-state index in [1.165, 1.54) is 11.1 Å². The molecule has 0 bridgehead atoms. The molecule has 1 atom stereocenters. The summed E-state index contributed by atoms with van der Waals surface area (Å²) in [4.78, 5) is 4.28. The highest BCUT2D eigenvalue weighted by Crippen LogP contribution is 2.23. The second-order valence-corrected chi connectivity index (χ2v) is 5.88. The number of nitrogens with zero attached hydrogens (tertiary/aromatic N) is 1. The van der Waals surface area contributed by atoms with E-state index in [1.54, 1.807) is 14.2 Å². The van der Waals surface area contributed by atoms with Gasteiger partial charge >= 0.3 is 0 Å². The molecule has 23 heavy (non-hydrogen) atoms. The van der Waals surface area contributed by atoms with E-state index in [4.69, 9.17) is 9.47 Å². The monoisotopic (exact) mass is 433 g/mol. The highest BCUT2D eigenvalue weighted by atomic mass is 127. The van der Waals surface area contributed by atoms with Crippen LogP contribution in [-0.2, 0) is 22.6 Å². The molecule has 130 valence electrons. The quantitative estimate of drug-likeness (QED) is 0.412. The van der Waals surface area contributed by atoms with E-state index in [-0.39, 0.29) is 29.6 Å². The molecule has 1 saturated heterocycles. The number of halogens is 1. The molecule has 1 unspecified atom stereocenters. The van der Waals surface area contributed by atoms with Gasteiger partial charge in [0.05, 0.1) is 12.2 Å². The zero-order valence-electron chi connectivity index (χ0n) is 14.2. The van der Waals surface area contributed by atoms with Crippen LogP contribution in [-0.4, -0.2) is 38.9 Å². The third-order valence-corrected chi connectivity index (χ3v) is 4.02. The third-order valence-electron chi connectivity index (χ3n) is 4.02. The number of hydrogen-bond acceptors (Lipinski definition) is 3. The van der Waals surface area contributed by atoms with Crippen LogP contribution in [0.25, 0.3) is 0 Å². The van der Waals surface area contributed by atoms with Crippen molar-refractivity contribution in [2.24, 2.45) is 4.99 Å². The topological polar surface area (TPSA) is 54.9 Å². The number of benzene rings is 1. The fourth-order valence-corrected chi connectivity index (χ4v) is 2.67. The summed E-state index contributed by atoms with van der Waals surface area (Å²) in [6.45, 7) is 5.11. The molecule has 1 aromatic carbocycles. The van der Waals surface area contributed by atoms with Gasteiger partial charge in [0.1, 0.15) is 0 Å². The number of ether oxygens (including phenoxy) is 2. The molecule has 2 rings (SSSR count). The van der Waals surface area contributed by atoms with Crippen LogP contribution < -0.4 is 10.6 Å². The maximum Gasteiger partial charge on any atom is 0.191 e. The van der Waals surface area contributed by atoms with Gasteiger partial charge in [-0.25, -0.2) is 0 Å². The second-order valence-electron chi connectivity index (χ2n) is 5.88. The van der Waals surface area contributed by atoms with Crippen molar-refractivity contribution in [3.8, 4) is 0 Å². The van der Waals surface area contributed by atoms with Crippen molar-refractivity contribution in [1.82, 2.24) is 10.6 Å². The Hall–Kier alpha value is -0.860. The predicted molar refractivity (Wildman–Crippen MR) is 104 cm³/mol. The Morgan fingerprint density at radius 3 is 2.65 bits per heavy atom. The van der Waals surface area contributed by atoms with E-state index >= 15 is 0 Å². The van der Waals surface area contributed by atoms with Gasteiger partial charge in [-0.1, -0.05) is 24.3 Å². The first kappa shape index (κ1) is 20.2. The zero-order chi connectivity index (χ0) is 15.8. The van der Waals surface area contributed by atoms with Crippen LogP contribution in [0, 0.1) is 0 Å². The van der Waals surface area contributed by atoms with Crippen molar-refractivity contribution in [3.63, 3.8) is 0 Å². The molecular weight excluding hydrogens is 405 g/mol. The minimum Gasteiger partial charge on any atom is -0.380 e. The molecule has 1 fully saturated rings. The van der Waals surface area contributed by atoms with Gasteiger partial charge in [0.25, 0.3) is 0 Å². The lowest BCUT2D eigenvalue weighted by atomic mass is 10.0. The highest BCUT2D eigenvalue weighted by Gasteiger charge is 2.29. The standard InChI is InChI=1S/C17H27N3O2.HI/c1-17(9-6-10-22-17)13-20-16(18-2)19-11-14-7-4-5-8-15(14)12-21-3;/h4-5,7-8H,6,9-13H2,1-3H3,(H2,18,19,20);1H. The normalized spacial score (nSPS) is 20.9. The smallest absolute Gasteiger partial charge is 0.191 e. The Morgan fingerprint density at radius 2 is 2.04 bits per heavy atom. The van der Waals surface area contributed by atoms with Crippen LogP contribution in [0.3, 0.4) is 0 Å². The molecule has 1 heterocycles. The molecule has 0 amide bonds. The number of rotatable bonds is 6. The maximum absolute atomic E-state index is 5.79. The highest BCUT2D eigenvalue weighted by molar-refractivity contribution is 14.0. The summed E-state index contributed by atoms with van der Waals surface area (Å²) in [6, 6.07) is 8.27. The molecule has 0 aliphatic carbocycles. The molecule has 1 aromatic rings. The minimum absolute atomic E-state index is 0. The van der Waals surface area contributed by atoms with Gasteiger partial charge in [-0.05, 0) is 30.9 Å². The number of methoxy groups -OCH3 is 1. The lowest BCUT2D eigenvalue weighted by Gasteiger charge is -2.24. The summed E-state index contributed by atoms with van der Waals surface area (Å²) >= 11 is 0. The van der Waals surface area contributed by atoms with E-state index in [0.29, 0.717) is 6.61 Å². The molecule has 6 heteroatoms. The molecule has 0 saturated carbocycles. The number of guanidine groups is 1. The first-order chi connectivity index (χ1) is 10.7. The number of hydrogen-bond donors (Lipinski definition) is 2. The van der Waals surface area contributed by atoms with Crippen LogP contribution in [0.15, 0.2) is 29.3 Å². The number of aliphatic imine (C=N–C) groups is 1. The first-order valence-corrected chi connectivity index (χ1v) is 7.81. The summed E-state index contributed by atoms with van der Waals surface area (Å²) in [5.74, 6) is 0.795. The Labute approximate surface area is 156 Å². The lowest BCUT2D eigenvalue weighted by Crippen LogP contribution is -2.45. The summed E-state index contributed by atoms with van der Waals surface area (Å²) in [6.07, 6.45) is 2.22. The van der Waals surface area contributed by atoms with Crippen LogP contribution in [0.5, 0.6) is 0 Å². The molecule has 0 radical (unpaired) electrons. The second kappa shape index (κ2) is 10.1. The van der Waals surface area contributed by atoms with Gasteiger partial charge in [-0.15, -0.1) is 24.0 Å². The largest absolute Gasteiger partial charge is 0.380 e. The molecule has 2 N–H and O–H groups in total. The fourth-order valence-electron chi connectivity index (χ4n) is 2.67. The van der Waals surface area contributed by atoms with Gasteiger partial charge in [-0.2, -0.15) is 0 Å². The summed E-state index contributed by atoms with van der Waals surface area (Å²) in [5, 5.41) is 6.71. The average Bonchev–Trinajstić information content (AvgIpc) is 2.96. The van der Waals surface area contributed by atoms with Crippen molar-refractivity contribution >= 4 is 29.9 Å². The average molecular weight is 433 g/mol. The van der Waals surface area contributed by atoms with Crippen molar-refractivity contribution in [1.29, 1.82) is 0 Å². The summed E-state index contributed by atoms with van der Waals surface area (Å²) in [7, 11) is 3.50. The predicted octanol–water partition coefficient (Wildman–Crippen LogP) is 2.69. The maximum atomic E-state index is 5.79. The first-order valence-electron chi connectivity index (χ1n) is 7.81. The van der Waals surface area contributed by atoms with Crippen molar-refractivity contribution < 1.29 is 9.47 Å². The molecule has 0 aromatic heterocycles.